The van der Waals surface area contributed by atoms with Crippen molar-refractivity contribution in [1.29, 1.82) is 0 Å². The summed E-state index contributed by atoms with van der Waals surface area (Å²) >= 11 is 0. The third-order valence-corrected chi connectivity index (χ3v) is 3.94. The molecule has 0 bridgehead atoms. The molecular weight excluding hydrogens is 364 g/mol. The van der Waals surface area contributed by atoms with E-state index in [2.05, 4.69) is 10.6 Å². The number of aryl methyl sites for hydroxylation is 1. The Morgan fingerprint density at radius 2 is 1.78 bits per heavy atom. The average Bonchev–Trinajstić information content (AvgIpc) is 2.64. The summed E-state index contributed by atoms with van der Waals surface area (Å²) < 4.78 is 0. The summed E-state index contributed by atoms with van der Waals surface area (Å²) in [6.45, 7) is 3.31. The number of carbonyl (C=O) groups excluding carboxylic acids is 2. The Labute approximate surface area is 166 Å². The first-order chi connectivity index (χ1) is 12.6. The van der Waals surface area contributed by atoms with E-state index in [-0.39, 0.29) is 24.9 Å². The third kappa shape index (κ3) is 8.11. The van der Waals surface area contributed by atoms with Gasteiger partial charge in [0, 0.05) is 25.3 Å². The largest absolute Gasteiger partial charge is 0.340 e. The van der Waals surface area contributed by atoms with E-state index in [1.54, 1.807) is 11.0 Å². The molecule has 0 atom stereocenters. The van der Waals surface area contributed by atoms with Crippen LogP contribution < -0.4 is 16.4 Å². The minimum absolute atomic E-state index is 0. The Hall–Kier alpha value is -2.57. The van der Waals surface area contributed by atoms with Crippen LogP contribution in [0.25, 0.3) is 0 Å². The number of hydrogen-bond donors (Lipinski definition) is 3. The molecule has 0 unspecified atom stereocenters. The molecule has 0 aliphatic heterocycles. The Bertz CT molecular complexity index is 725. The van der Waals surface area contributed by atoms with Crippen LogP contribution in [-0.2, 0) is 11.2 Å². The summed E-state index contributed by atoms with van der Waals surface area (Å²) in [5.74, 6) is -0.147. The van der Waals surface area contributed by atoms with Crippen molar-refractivity contribution in [2.45, 2.75) is 13.3 Å². The molecule has 146 valence electrons. The Morgan fingerprint density at radius 1 is 1.04 bits per heavy atom. The van der Waals surface area contributed by atoms with E-state index in [4.69, 9.17) is 5.73 Å². The second kappa shape index (κ2) is 11.9. The van der Waals surface area contributed by atoms with Gasteiger partial charge in [-0.3, -0.25) is 4.79 Å². The van der Waals surface area contributed by atoms with Crippen LogP contribution in [0, 0.1) is 6.92 Å². The molecule has 0 aliphatic carbocycles. The Morgan fingerprint density at radius 3 is 2.44 bits per heavy atom. The molecule has 2 rings (SSSR count). The van der Waals surface area contributed by atoms with Gasteiger partial charge in [0.2, 0.25) is 5.91 Å². The maximum Gasteiger partial charge on any atom is 0.319 e. The van der Waals surface area contributed by atoms with Crippen LogP contribution in [0.15, 0.2) is 54.6 Å². The number of urea groups is 1. The summed E-state index contributed by atoms with van der Waals surface area (Å²) in [6, 6.07) is 17.0. The molecule has 0 radical (unpaired) electrons. The molecule has 2 aromatic carbocycles. The van der Waals surface area contributed by atoms with Crippen molar-refractivity contribution >= 4 is 30.0 Å². The average molecular weight is 391 g/mol. The van der Waals surface area contributed by atoms with Gasteiger partial charge in [0.15, 0.2) is 0 Å². The Kier molecular flexibility index (Phi) is 9.93. The van der Waals surface area contributed by atoms with Crippen LogP contribution in [-0.4, -0.2) is 43.0 Å². The van der Waals surface area contributed by atoms with Crippen molar-refractivity contribution in [3.05, 3.63) is 65.7 Å². The van der Waals surface area contributed by atoms with E-state index in [1.165, 1.54) is 0 Å². The van der Waals surface area contributed by atoms with Gasteiger partial charge in [-0.25, -0.2) is 4.79 Å². The molecule has 0 aliphatic rings. The van der Waals surface area contributed by atoms with Gasteiger partial charge in [-0.2, -0.15) is 0 Å². The van der Waals surface area contributed by atoms with Crippen molar-refractivity contribution in [1.82, 2.24) is 10.2 Å². The first-order valence-electron chi connectivity index (χ1n) is 8.72. The zero-order valence-electron chi connectivity index (χ0n) is 15.5. The topological polar surface area (TPSA) is 87.5 Å². The SMILES string of the molecule is Cc1cccc(NC(=O)NCC(=O)N(CCN)CCc2ccccc2)c1.Cl. The number of carbonyl (C=O) groups is 2. The van der Waals surface area contributed by atoms with Gasteiger partial charge in [0.1, 0.15) is 0 Å². The molecule has 0 saturated carbocycles. The molecular formula is C20H27ClN4O2. The predicted molar refractivity (Wildman–Crippen MR) is 111 cm³/mol. The molecule has 0 aromatic heterocycles. The first-order valence-corrected chi connectivity index (χ1v) is 8.72. The van der Waals surface area contributed by atoms with Crippen molar-refractivity contribution < 1.29 is 9.59 Å². The van der Waals surface area contributed by atoms with Crippen LogP contribution >= 0.6 is 12.4 Å². The van der Waals surface area contributed by atoms with Crippen molar-refractivity contribution in [3.63, 3.8) is 0 Å². The highest BCUT2D eigenvalue weighted by molar-refractivity contribution is 5.92. The summed E-state index contributed by atoms with van der Waals surface area (Å²) in [5.41, 5.74) is 8.52. The van der Waals surface area contributed by atoms with E-state index in [1.807, 2.05) is 55.5 Å². The number of halogens is 1. The molecule has 0 saturated heterocycles. The van der Waals surface area contributed by atoms with Gasteiger partial charge in [-0.05, 0) is 36.6 Å². The highest BCUT2D eigenvalue weighted by Crippen LogP contribution is 2.09. The monoisotopic (exact) mass is 390 g/mol. The second-order valence-electron chi connectivity index (χ2n) is 6.08. The number of amides is 3. The molecule has 6 nitrogen and oxygen atoms in total. The zero-order chi connectivity index (χ0) is 18.8. The van der Waals surface area contributed by atoms with Crippen molar-refractivity contribution in [2.24, 2.45) is 5.73 Å². The minimum Gasteiger partial charge on any atom is -0.340 e. The fourth-order valence-electron chi connectivity index (χ4n) is 2.59. The van der Waals surface area contributed by atoms with Crippen LogP contribution in [0.3, 0.4) is 0 Å². The van der Waals surface area contributed by atoms with E-state index in [9.17, 15) is 9.59 Å². The third-order valence-electron chi connectivity index (χ3n) is 3.94. The molecule has 27 heavy (non-hydrogen) atoms. The molecule has 4 N–H and O–H groups in total. The number of nitrogens with zero attached hydrogens (tertiary/aromatic N) is 1. The molecule has 0 spiro atoms. The summed E-state index contributed by atoms with van der Waals surface area (Å²) in [5, 5.41) is 5.33. The normalized spacial score (nSPS) is 9.85. The van der Waals surface area contributed by atoms with Crippen LogP contribution in [0.4, 0.5) is 10.5 Å². The highest BCUT2D eigenvalue weighted by atomic mass is 35.5. The minimum atomic E-state index is -0.403. The van der Waals surface area contributed by atoms with Gasteiger partial charge < -0.3 is 21.3 Å². The van der Waals surface area contributed by atoms with Crippen molar-refractivity contribution in [2.75, 3.05) is 31.5 Å². The van der Waals surface area contributed by atoms with E-state index in [0.29, 0.717) is 25.3 Å². The van der Waals surface area contributed by atoms with Crippen LogP contribution in [0.5, 0.6) is 0 Å². The standard InChI is InChI=1S/C20H26N4O2.ClH/c1-16-6-5-9-18(14-16)23-20(26)22-15-19(25)24(13-11-21)12-10-17-7-3-2-4-8-17;/h2-9,14H,10-13,15,21H2,1H3,(H2,22,23,26);1H. The van der Waals surface area contributed by atoms with E-state index < -0.39 is 6.03 Å². The highest BCUT2D eigenvalue weighted by Gasteiger charge is 2.14. The fourth-order valence-corrected chi connectivity index (χ4v) is 2.59. The van der Waals surface area contributed by atoms with Gasteiger partial charge in [-0.1, -0.05) is 42.5 Å². The lowest BCUT2D eigenvalue weighted by molar-refractivity contribution is -0.129. The lowest BCUT2D eigenvalue weighted by Gasteiger charge is -2.22. The quantitative estimate of drug-likeness (QED) is 0.647. The maximum absolute atomic E-state index is 12.4. The number of benzene rings is 2. The Balaban J connectivity index is 0.00000364. The zero-order valence-corrected chi connectivity index (χ0v) is 16.3. The first kappa shape index (κ1) is 22.5. The van der Waals surface area contributed by atoms with E-state index in [0.717, 1.165) is 17.5 Å². The lowest BCUT2D eigenvalue weighted by Crippen LogP contribution is -2.44. The number of nitrogens with two attached hydrogens (primary N) is 1. The molecule has 3 amide bonds. The second-order valence-corrected chi connectivity index (χ2v) is 6.08. The number of anilines is 1. The van der Waals surface area contributed by atoms with Crippen molar-refractivity contribution in [3.8, 4) is 0 Å². The van der Waals surface area contributed by atoms with E-state index >= 15 is 0 Å². The van der Waals surface area contributed by atoms with Gasteiger partial charge in [0.05, 0.1) is 6.54 Å². The summed E-state index contributed by atoms with van der Waals surface area (Å²) in [7, 11) is 0. The molecule has 0 fully saturated rings. The molecule has 2 aromatic rings. The van der Waals surface area contributed by atoms with Crippen LogP contribution in [0.1, 0.15) is 11.1 Å². The lowest BCUT2D eigenvalue weighted by atomic mass is 10.1. The smallest absolute Gasteiger partial charge is 0.319 e. The number of nitrogens with one attached hydrogen (secondary N) is 2. The van der Waals surface area contributed by atoms with Gasteiger partial charge >= 0.3 is 6.03 Å². The van der Waals surface area contributed by atoms with Crippen LogP contribution in [0.2, 0.25) is 0 Å². The fraction of sp³-hybridized carbons (Fsp3) is 0.300. The number of rotatable bonds is 8. The number of hydrogen-bond acceptors (Lipinski definition) is 3. The van der Waals surface area contributed by atoms with Gasteiger partial charge in [0.25, 0.3) is 0 Å². The van der Waals surface area contributed by atoms with Gasteiger partial charge in [-0.15, -0.1) is 12.4 Å². The molecule has 0 heterocycles. The maximum atomic E-state index is 12.4. The molecule has 7 heteroatoms. The summed E-state index contributed by atoms with van der Waals surface area (Å²) in [4.78, 5) is 26.0. The summed E-state index contributed by atoms with van der Waals surface area (Å²) in [6.07, 6.45) is 0.752. The predicted octanol–water partition coefficient (Wildman–Crippen LogP) is 2.57.